The van der Waals surface area contributed by atoms with Crippen LogP contribution >= 0.6 is 11.3 Å². The number of nitriles is 1. The normalized spacial score (nSPS) is 16.2. The minimum absolute atomic E-state index is 0.00145. The molecule has 4 aromatic rings. The van der Waals surface area contributed by atoms with Gasteiger partial charge in [0.05, 0.1) is 18.4 Å². The monoisotopic (exact) mass is 672 g/mol. The van der Waals surface area contributed by atoms with Crippen LogP contribution in [0.1, 0.15) is 47.4 Å². The summed E-state index contributed by atoms with van der Waals surface area (Å²) in [6.07, 6.45) is -1.77. The number of amides is 1. The molecule has 1 aliphatic heterocycles. The molecule has 0 spiro atoms. The summed E-state index contributed by atoms with van der Waals surface area (Å²) < 4.78 is 41.5. The minimum Gasteiger partial charge on any atom is -0.372 e. The molecule has 4 heterocycles. The van der Waals surface area contributed by atoms with Crippen LogP contribution in [0.25, 0.3) is 21.1 Å². The summed E-state index contributed by atoms with van der Waals surface area (Å²) in [6.45, 7) is 8.89. The summed E-state index contributed by atoms with van der Waals surface area (Å²) in [5, 5.41) is 20.9. The number of carbonyl (C=O) groups is 1. The second-order valence-corrected chi connectivity index (χ2v) is 15.2. The topological polar surface area (TPSA) is 111 Å². The van der Waals surface area contributed by atoms with E-state index in [9.17, 15) is 23.2 Å². The fraction of sp³-hybridized carbons (Fsp3) is 0.438. The summed E-state index contributed by atoms with van der Waals surface area (Å²) in [5.74, 6) is 1.03. The number of nitrogens with one attached hydrogen (secondary N) is 3. The van der Waals surface area contributed by atoms with E-state index in [0.29, 0.717) is 39.9 Å². The third-order valence-electron chi connectivity index (χ3n) is 8.81. The Bertz CT molecular complexity index is 1920. The number of fused-ring (bicyclic) bond motifs is 2. The molecule has 1 saturated heterocycles. The number of nitrogens with zero attached hydrogens (tertiary/aromatic N) is 5. The van der Waals surface area contributed by atoms with E-state index < -0.39 is 12.6 Å². The lowest BCUT2D eigenvalue weighted by Crippen LogP contribution is -2.41. The van der Waals surface area contributed by atoms with Crippen molar-refractivity contribution in [3.05, 3.63) is 58.2 Å². The first-order chi connectivity index (χ1) is 22.7. The summed E-state index contributed by atoms with van der Waals surface area (Å²) in [5.41, 5.74) is 4.33. The highest BCUT2D eigenvalue weighted by atomic mass is 32.1. The van der Waals surface area contributed by atoms with Crippen molar-refractivity contribution in [2.75, 3.05) is 23.7 Å². The van der Waals surface area contributed by atoms with Crippen molar-refractivity contribution in [2.45, 2.75) is 69.6 Å². The number of piperidine rings is 1. The van der Waals surface area contributed by atoms with Gasteiger partial charge < -0.3 is 20.5 Å². The summed E-state index contributed by atoms with van der Waals surface area (Å²) in [4.78, 5) is 24.6. The van der Waals surface area contributed by atoms with E-state index in [1.807, 2.05) is 40.2 Å². The van der Waals surface area contributed by atoms with Crippen molar-refractivity contribution in [3.8, 4) is 6.07 Å². The zero-order valence-corrected chi connectivity index (χ0v) is 28.5. The zero-order chi connectivity index (χ0) is 34.4. The number of benzene rings is 1. The number of anilines is 2. The molecule has 9 nitrogen and oxygen atoms in total. The smallest absolute Gasteiger partial charge is 0.372 e. The third-order valence-corrected chi connectivity index (χ3v) is 9.83. The Hall–Kier alpha value is -3.96. The molecule has 2 aliphatic rings. The van der Waals surface area contributed by atoms with Gasteiger partial charge in [0.15, 0.2) is 0 Å². The Morgan fingerprint density at radius 2 is 1.85 bits per heavy atom. The first-order valence-corrected chi connectivity index (χ1v) is 17.1. The van der Waals surface area contributed by atoms with Gasteiger partial charge in [0.1, 0.15) is 46.0 Å². The van der Waals surface area contributed by atoms with E-state index in [1.165, 1.54) is 5.56 Å². The predicted molar refractivity (Wildman–Crippen MR) is 192 cm³/mol. The highest BCUT2D eigenvalue weighted by Gasteiger charge is 2.31. The number of aryl methyl sites for hydroxylation is 1. The van der Waals surface area contributed by atoms with Crippen LogP contribution in [-0.2, 0) is 24.3 Å². The molecule has 48 heavy (non-hydrogen) atoms. The number of halogens is 3. The number of rotatable bonds is 11. The third kappa shape index (κ3) is 8.01. The van der Waals surface area contributed by atoms with Gasteiger partial charge in [0, 0.05) is 53.1 Å². The molecular weight excluding hydrogens is 634 g/mol. The van der Waals surface area contributed by atoms with Gasteiger partial charge in [0.2, 0.25) is 11.9 Å². The number of likely N-dealkylation sites (tertiary alicyclic amines) is 1. The van der Waals surface area contributed by atoms with Gasteiger partial charge in [-0.15, -0.1) is 11.3 Å². The van der Waals surface area contributed by atoms with Gasteiger partial charge in [-0.1, -0.05) is 12.6 Å². The minimum atomic E-state index is -4.30. The van der Waals surface area contributed by atoms with Crippen molar-refractivity contribution in [1.29, 1.82) is 5.26 Å². The lowest BCUT2D eigenvalue weighted by atomic mass is 9.49. The van der Waals surface area contributed by atoms with Crippen molar-refractivity contribution >= 4 is 73.7 Å². The number of hydrogen-bond acceptors (Lipinski definition) is 8. The zero-order valence-electron chi connectivity index (χ0n) is 27.7. The maximum absolute atomic E-state index is 13.2. The molecule has 1 aliphatic carbocycles. The Morgan fingerprint density at radius 1 is 1.12 bits per heavy atom. The molecular formula is C32H38B3F3N8OS. The molecule has 16 heteroatoms. The second kappa shape index (κ2) is 13.2. The van der Waals surface area contributed by atoms with Gasteiger partial charge in [-0.05, 0) is 67.2 Å². The van der Waals surface area contributed by atoms with Crippen LogP contribution in [0.5, 0.6) is 0 Å². The fourth-order valence-corrected chi connectivity index (χ4v) is 7.29. The van der Waals surface area contributed by atoms with Crippen LogP contribution in [-0.4, -0.2) is 79.4 Å². The number of thiophene rings is 1. The molecule has 248 valence electrons. The summed E-state index contributed by atoms with van der Waals surface area (Å²) in [7, 11) is 5.96. The molecule has 1 saturated carbocycles. The molecule has 3 N–H and O–H groups in total. The molecule has 0 atom stereocenters. The van der Waals surface area contributed by atoms with E-state index in [0.717, 1.165) is 73.1 Å². The van der Waals surface area contributed by atoms with E-state index in [4.69, 9.17) is 4.98 Å². The molecule has 1 aromatic carbocycles. The van der Waals surface area contributed by atoms with Crippen molar-refractivity contribution in [2.24, 2.45) is 5.92 Å². The van der Waals surface area contributed by atoms with Gasteiger partial charge in [0.25, 0.3) is 0 Å². The van der Waals surface area contributed by atoms with Crippen LogP contribution in [0, 0.1) is 24.2 Å². The molecule has 6 rings (SSSR count). The first kappa shape index (κ1) is 33.9. The highest BCUT2D eigenvalue weighted by molar-refractivity contribution is 7.18. The lowest BCUT2D eigenvalue weighted by molar-refractivity contribution is -0.126. The Kier molecular flexibility index (Phi) is 9.30. The Morgan fingerprint density at radius 3 is 2.50 bits per heavy atom. The number of carbonyl (C=O) groups excluding carboxylic acids is 1. The van der Waals surface area contributed by atoms with E-state index in [2.05, 4.69) is 51.5 Å². The predicted octanol–water partition coefficient (Wildman–Crippen LogP) is 2.97. The molecule has 0 bridgehead atoms. The van der Waals surface area contributed by atoms with Crippen molar-refractivity contribution in [1.82, 2.24) is 24.8 Å². The maximum Gasteiger partial charge on any atom is 0.393 e. The fourth-order valence-electron chi connectivity index (χ4n) is 6.23. The van der Waals surface area contributed by atoms with E-state index in [1.54, 1.807) is 6.07 Å². The Labute approximate surface area is 284 Å². The van der Waals surface area contributed by atoms with Crippen LogP contribution < -0.4 is 16.0 Å². The van der Waals surface area contributed by atoms with E-state index in [-0.39, 0.29) is 28.0 Å². The largest absolute Gasteiger partial charge is 0.393 e. The Balaban J connectivity index is 1.13. The van der Waals surface area contributed by atoms with Crippen LogP contribution in [0.15, 0.2) is 36.5 Å². The summed E-state index contributed by atoms with van der Waals surface area (Å²) >= 11 is 1.06. The highest BCUT2D eigenvalue weighted by Crippen LogP contribution is 2.35. The van der Waals surface area contributed by atoms with Crippen molar-refractivity contribution in [3.63, 3.8) is 0 Å². The standard InChI is InChI=1S/C32H38B3F3N8OS/c1-17(40-28(47)19-3-4-19)15-46-22(14-39)11-24-18(2)20(5-6-26(24)46)16-45-9-7-21(8-10-45)41-27-25-12-23(13-31(36,37)38)48-29(25)43-30(42-27)44-32(33,34)35/h5-6,11-12,19,21H,1,3-4,7-10,13,15-16,33-35H2,2H3,(H,40,47)(H2,41,42,43,44). The second-order valence-electron chi connectivity index (χ2n) is 14.1. The molecule has 0 radical (unpaired) electrons. The number of alkyl halides is 3. The van der Waals surface area contributed by atoms with Crippen LogP contribution in [0.4, 0.5) is 24.9 Å². The van der Waals surface area contributed by atoms with Crippen molar-refractivity contribution < 1.29 is 18.0 Å². The van der Waals surface area contributed by atoms with Gasteiger partial charge in [-0.2, -0.15) is 23.4 Å². The number of hydrogen-bond donors (Lipinski definition) is 3. The SMILES string of the molecule is BC(B)(B)Nc1nc(NC2CCN(Cc3ccc4c(cc(C#N)n4CC(=C)NC(=O)C4CC4)c3C)CC2)c2cc(CC(F)(F)F)sc2n1. The van der Waals surface area contributed by atoms with Gasteiger partial charge in [-0.3, -0.25) is 9.69 Å². The first-order valence-electron chi connectivity index (χ1n) is 16.3. The summed E-state index contributed by atoms with van der Waals surface area (Å²) in [6, 6.07) is 10.0. The maximum atomic E-state index is 13.2. The van der Waals surface area contributed by atoms with Gasteiger partial charge in [-0.25, -0.2) is 4.98 Å². The average molecular weight is 672 g/mol. The molecule has 1 amide bonds. The van der Waals surface area contributed by atoms with Crippen LogP contribution in [0.3, 0.4) is 0 Å². The van der Waals surface area contributed by atoms with Gasteiger partial charge >= 0.3 is 6.18 Å². The van der Waals surface area contributed by atoms with Crippen LogP contribution in [0.2, 0.25) is 0 Å². The molecule has 3 aromatic heterocycles. The lowest BCUT2D eigenvalue weighted by Gasteiger charge is -2.33. The number of aromatic nitrogens is 3. The number of allylic oxidation sites excluding steroid dienone is 1. The quantitative estimate of drug-likeness (QED) is 0.210. The van der Waals surface area contributed by atoms with E-state index >= 15 is 0 Å². The molecule has 0 unspecified atom stereocenters. The molecule has 2 fully saturated rings. The average Bonchev–Trinajstić information content (AvgIpc) is 3.68.